The Bertz CT molecular complexity index is 677. The maximum absolute atomic E-state index is 11.2. The predicted molar refractivity (Wildman–Crippen MR) is 99.6 cm³/mol. The van der Waals surface area contributed by atoms with Gasteiger partial charge in [0.1, 0.15) is 6.04 Å². The third-order valence-electron chi connectivity index (χ3n) is 4.06. The van der Waals surface area contributed by atoms with Crippen molar-refractivity contribution in [2.24, 2.45) is 0 Å². The van der Waals surface area contributed by atoms with Gasteiger partial charge in [0.2, 0.25) is 6.29 Å². The van der Waals surface area contributed by atoms with E-state index in [0.29, 0.717) is 11.5 Å². The highest BCUT2D eigenvalue weighted by Gasteiger charge is 2.22. The van der Waals surface area contributed by atoms with Crippen LogP contribution in [0.15, 0.2) is 24.3 Å². The standard InChI is InChI=1S/C21H26NO3/c1-13-8-15(3)20(16(4)9-13)24-22(19(7)12-23)25-21-17(5)10-14(2)11-18(21)6/h8-11,19H,1-7H3. The minimum absolute atomic E-state index is 0.680. The van der Waals surface area contributed by atoms with Crippen LogP contribution in [0.25, 0.3) is 0 Å². The SMILES string of the molecule is Cc1cc(C)c(ON(Oc2c(C)cc(C)cc2C)C(C)[C]=O)c(C)c1. The summed E-state index contributed by atoms with van der Waals surface area (Å²) in [6.07, 6.45) is 1.93. The molecule has 2 rings (SSSR count). The number of rotatable bonds is 6. The monoisotopic (exact) mass is 340 g/mol. The van der Waals surface area contributed by atoms with Gasteiger partial charge in [-0.05, 0) is 70.7 Å². The minimum atomic E-state index is -0.680. The van der Waals surface area contributed by atoms with E-state index in [0.717, 1.165) is 33.4 Å². The summed E-state index contributed by atoms with van der Waals surface area (Å²) in [6, 6.07) is 7.48. The first-order valence-electron chi connectivity index (χ1n) is 8.41. The fraction of sp³-hybridized carbons (Fsp3) is 0.381. The van der Waals surface area contributed by atoms with Crippen LogP contribution in [0.3, 0.4) is 0 Å². The number of aryl methyl sites for hydroxylation is 6. The molecule has 0 N–H and O–H groups in total. The molecule has 0 aliphatic rings. The van der Waals surface area contributed by atoms with Gasteiger partial charge in [-0.2, -0.15) is 0 Å². The van der Waals surface area contributed by atoms with Crippen molar-refractivity contribution in [3.05, 3.63) is 57.6 Å². The third-order valence-corrected chi connectivity index (χ3v) is 4.06. The van der Waals surface area contributed by atoms with E-state index in [1.54, 1.807) is 6.92 Å². The number of nitrogens with zero attached hydrogens (tertiary/aromatic N) is 1. The highest BCUT2D eigenvalue weighted by molar-refractivity contribution is 5.57. The van der Waals surface area contributed by atoms with Crippen molar-refractivity contribution in [1.29, 1.82) is 0 Å². The lowest BCUT2D eigenvalue weighted by molar-refractivity contribution is -0.267. The molecule has 2 aromatic carbocycles. The molecule has 133 valence electrons. The fourth-order valence-electron chi connectivity index (χ4n) is 3.02. The molecular formula is C21H26NO3. The van der Waals surface area contributed by atoms with Gasteiger partial charge in [0, 0.05) is 5.23 Å². The normalized spacial score (nSPS) is 12.2. The summed E-state index contributed by atoms with van der Waals surface area (Å²) >= 11 is 0. The van der Waals surface area contributed by atoms with Crippen LogP contribution < -0.4 is 9.68 Å². The first-order valence-corrected chi connectivity index (χ1v) is 8.41. The van der Waals surface area contributed by atoms with Gasteiger partial charge in [-0.25, -0.2) is 0 Å². The number of hydroxylamine groups is 2. The van der Waals surface area contributed by atoms with Crippen molar-refractivity contribution in [1.82, 2.24) is 5.23 Å². The molecule has 0 saturated heterocycles. The van der Waals surface area contributed by atoms with E-state index in [9.17, 15) is 4.79 Å². The number of carbonyl (C=O) groups excluding carboxylic acids is 1. The van der Waals surface area contributed by atoms with Crippen LogP contribution in [-0.2, 0) is 4.79 Å². The smallest absolute Gasteiger partial charge is 0.224 e. The summed E-state index contributed by atoms with van der Waals surface area (Å²) in [5.74, 6) is 1.38. The molecule has 1 radical (unpaired) electrons. The van der Waals surface area contributed by atoms with Gasteiger partial charge in [0.15, 0.2) is 11.5 Å². The van der Waals surface area contributed by atoms with Crippen molar-refractivity contribution in [2.75, 3.05) is 0 Å². The summed E-state index contributed by atoms with van der Waals surface area (Å²) in [6.45, 7) is 13.7. The van der Waals surface area contributed by atoms with Gasteiger partial charge in [0.25, 0.3) is 0 Å². The first-order chi connectivity index (χ1) is 11.7. The Hall–Kier alpha value is -2.33. The van der Waals surface area contributed by atoms with Gasteiger partial charge in [-0.3, -0.25) is 4.79 Å². The molecule has 0 spiro atoms. The van der Waals surface area contributed by atoms with E-state index < -0.39 is 6.04 Å². The van der Waals surface area contributed by atoms with Crippen LogP contribution in [-0.4, -0.2) is 17.6 Å². The van der Waals surface area contributed by atoms with Crippen LogP contribution >= 0.6 is 0 Å². The molecule has 1 atom stereocenters. The van der Waals surface area contributed by atoms with Crippen LogP contribution in [0, 0.1) is 41.5 Å². The van der Waals surface area contributed by atoms with Gasteiger partial charge >= 0.3 is 0 Å². The van der Waals surface area contributed by atoms with Crippen molar-refractivity contribution >= 4 is 6.29 Å². The van der Waals surface area contributed by atoms with Gasteiger partial charge in [0.05, 0.1) is 0 Å². The Morgan fingerprint density at radius 1 is 0.760 bits per heavy atom. The third kappa shape index (κ3) is 4.40. The Labute approximate surface area is 150 Å². The maximum Gasteiger partial charge on any atom is 0.224 e. The number of hydrogen-bond acceptors (Lipinski definition) is 4. The Morgan fingerprint density at radius 2 is 1.08 bits per heavy atom. The van der Waals surface area contributed by atoms with E-state index in [2.05, 4.69) is 0 Å². The molecule has 0 heterocycles. The van der Waals surface area contributed by atoms with Gasteiger partial charge < -0.3 is 9.68 Å². The zero-order valence-corrected chi connectivity index (χ0v) is 16.1. The van der Waals surface area contributed by atoms with Crippen LogP contribution in [0.5, 0.6) is 11.5 Å². The summed E-state index contributed by atoms with van der Waals surface area (Å²) in [7, 11) is 0. The summed E-state index contributed by atoms with van der Waals surface area (Å²) < 4.78 is 0. The molecule has 4 heteroatoms. The molecule has 0 saturated carbocycles. The van der Waals surface area contributed by atoms with E-state index in [1.807, 2.05) is 72.1 Å². The molecular weight excluding hydrogens is 314 g/mol. The van der Waals surface area contributed by atoms with Gasteiger partial charge in [-0.15, -0.1) is 0 Å². The predicted octanol–water partition coefficient (Wildman–Crippen LogP) is 4.63. The van der Waals surface area contributed by atoms with Crippen molar-refractivity contribution in [3.63, 3.8) is 0 Å². The van der Waals surface area contributed by atoms with Crippen molar-refractivity contribution < 1.29 is 14.5 Å². The Morgan fingerprint density at radius 3 is 1.36 bits per heavy atom. The highest BCUT2D eigenvalue weighted by Crippen LogP contribution is 2.29. The number of hydrogen-bond donors (Lipinski definition) is 0. The van der Waals surface area contributed by atoms with Crippen LogP contribution in [0.2, 0.25) is 0 Å². The largest absolute Gasteiger partial charge is 0.370 e. The number of benzene rings is 2. The van der Waals surface area contributed by atoms with Crippen LogP contribution in [0.4, 0.5) is 0 Å². The first kappa shape index (κ1) is 19.0. The molecule has 0 fully saturated rings. The van der Waals surface area contributed by atoms with Crippen molar-refractivity contribution in [2.45, 2.75) is 54.5 Å². The maximum atomic E-state index is 11.2. The zero-order chi connectivity index (χ0) is 18.7. The topological polar surface area (TPSA) is 38.8 Å². The van der Waals surface area contributed by atoms with Crippen molar-refractivity contribution in [3.8, 4) is 11.5 Å². The molecule has 1 unspecified atom stereocenters. The minimum Gasteiger partial charge on any atom is -0.370 e. The molecule has 2 aromatic rings. The lowest BCUT2D eigenvalue weighted by atomic mass is 10.1. The second-order valence-electron chi connectivity index (χ2n) is 6.72. The average molecular weight is 340 g/mol. The lowest BCUT2D eigenvalue weighted by Gasteiger charge is -2.27. The quantitative estimate of drug-likeness (QED) is 0.719. The Kier molecular flexibility index (Phi) is 5.85. The fourth-order valence-corrected chi connectivity index (χ4v) is 3.02. The molecule has 0 amide bonds. The highest BCUT2D eigenvalue weighted by atomic mass is 17.0. The Balaban J connectivity index is 2.37. The lowest BCUT2D eigenvalue weighted by Crippen LogP contribution is -2.40. The molecule has 0 aliphatic carbocycles. The van der Waals surface area contributed by atoms with E-state index in [4.69, 9.17) is 9.68 Å². The summed E-state index contributed by atoms with van der Waals surface area (Å²) in [5, 5.41) is 1.22. The van der Waals surface area contributed by atoms with Gasteiger partial charge in [-0.1, -0.05) is 35.4 Å². The summed E-state index contributed by atoms with van der Waals surface area (Å²) in [5.41, 5.74) is 6.27. The second-order valence-corrected chi connectivity index (χ2v) is 6.72. The zero-order valence-electron chi connectivity index (χ0n) is 16.1. The van der Waals surface area contributed by atoms with E-state index in [-0.39, 0.29) is 0 Å². The molecule has 0 aromatic heterocycles. The van der Waals surface area contributed by atoms with E-state index in [1.165, 1.54) is 5.23 Å². The average Bonchev–Trinajstić information content (AvgIpc) is 2.51. The summed E-state index contributed by atoms with van der Waals surface area (Å²) in [4.78, 5) is 23.2. The molecule has 25 heavy (non-hydrogen) atoms. The van der Waals surface area contributed by atoms with Crippen LogP contribution in [0.1, 0.15) is 40.3 Å². The molecule has 0 bridgehead atoms. The second kappa shape index (κ2) is 7.70. The van der Waals surface area contributed by atoms with E-state index >= 15 is 0 Å². The molecule has 4 nitrogen and oxygen atoms in total. The molecule has 0 aliphatic heterocycles.